The molecular weight excluding hydrogens is 275 g/mol. The summed E-state index contributed by atoms with van der Waals surface area (Å²) in [6.07, 6.45) is 1.66. The predicted octanol–water partition coefficient (Wildman–Crippen LogP) is 3.68. The van der Waals surface area contributed by atoms with E-state index < -0.39 is 11.9 Å². The van der Waals surface area contributed by atoms with Crippen molar-refractivity contribution in [2.75, 3.05) is 13.2 Å². The first kappa shape index (κ1) is 15.8. The maximum absolute atomic E-state index is 12.9. The van der Waals surface area contributed by atoms with Crippen molar-refractivity contribution >= 4 is 6.16 Å². The van der Waals surface area contributed by atoms with Crippen LogP contribution in [0.4, 0.5) is 9.18 Å². The molecule has 1 aromatic carbocycles. The van der Waals surface area contributed by atoms with Crippen LogP contribution < -0.4 is 0 Å². The van der Waals surface area contributed by atoms with Gasteiger partial charge < -0.3 is 14.2 Å². The number of benzene rings is 1. The molecule has 0 radical (unpaired) electrons. The minimum Gasteiger partial charge on any atom is -0.435 e. The van der Waals surface area contributed by atoms with Crippen LogP contribution in [0.1, 0.15) is 32.3 Å². The van der Waals surface area contributed by atoms with E-state index in [0.717, 1.165) is 18.4 Å². The molecule has 116 valence electrons. The highest BCUT2D eigenvalue weighted by Crippen LogP contribution is 2.37. The first-order valence-electron chi connectivity index (χ1n) is 7.31. The first-order valence-corrected chi connectivity index (χ1v) is 7.31. The molecule has 5 heteroatoms. The summed E-state index contributed by atoms with van der Waals surface area (Å²) in [7, 11) is 0. The van der Waals surface area contributed by atoms with Crippen LogP contribution in [0, 0.1) is 11.7 Å². The maximum atomic E-state index is 12.9. The molecule has 1 fully saturated rings. The van der Waals surface area contributed by atoms with Crippen LogP contribution >= 0.6 is 0 Å². The lowest BCUT2D eigenvalue weighted by molar-refractivity contribution is -0.0449. The number of halogens is 1. The molecule has 2 rings (SSSR count). The summed E-state index contributed by atoms with van der Waals surface area (Å²) in [4.78, 5) is 11.4. The number of epoxide rings is 1. The highest BCUT2D eigenvalue weighted by atomic mass is 19.1. The number of carbonyl (C=O) groups excluding carboxylic acids is 1. The molecule has 1 saturated heterocycles. The van der Waals surface area contributed by atoms with E-state index in [2.05, 4.69) is 6.92 Å². The molecule has 2 atom stereocenters. The SMILES string of the molecule is CCOC(=O)OC1(CC(CC)Cc2ccc(F)cc2)CO1. The molecule has 1 aliphatic rings. The summed E-state index contributed by atoms with van der Waals surface area (Å²) >= 11 is 0. The Balaban J connectivity index is 1.89. The van der Waals surface area contributed by atoms with Gasteiger partial charge in [-0.05, 0) is 37.0 Å². The summed E-state index contributed by atoms with van der Waals surface area (Å²) in [5, 5.41) is 0. The summed E-state index contributed by atoms with van der Waals surface area (Å²) in [6.45, 7) is 4.49. The fourth-order valence-electron chi connectivity index (χ4n) is 2.35. The number of ether oxygens (including phenoxy) is 3. The third-order valence-electron chi connectivity index (χ3n) is 3.61. The molecule has 0 bridgehead atoms. The van der Waals surface area contributed by atoms with Gasteiger partial charge in [0.15, 0.2) is 0 Å². The Morgan fingerprint density at radius 1 is 1.38 bits per heavy atom. The van der Waals surface area contributed by atoms with E-state index in [1.165, 1.54) is 12.1 Å². The highest BCUT2D eigenvalue weighted by Gasteiger charge is 2.50. The van der Waals surface area contributed by atoms with Crippen molar-refractivity contribution in [3.63, 3.8) is 0 Å². The van der Waals surface area contributed by atoms with Gasteiger partial charge in [-0.1, -0.05) is 25.5 Å². The average molecular weight is 296 g/mol. The van der Waals surface area contributed by atoms with E-state index in [0.29, 0.717) is 18.9 Å². The van der Waals surface area contributed by atoms with Crippen LogP contribution in [0.2, 0.25) is 0 Å². The zero-order valence-electron chi connectivity index (χ0n) is 12.4. The van der Waals surface area contributed by atoms with Crippen molar-refractivity contribution in [1.29, 1.82) is 0 Å². The minimum absolute atomic E-state index is 0.237. The lowest BCUT2D eigenvalue weighted by Crippen LogP contribution is -2.26. The van der Waals surface area contributed by atoms with Gasteiger partial charge >= 0.3 is 6.16 Å². The largest absolute Gasteiger partial charge is 0.510 e. The van der Waals surface area contributed by atoms with Crippen molar-refractivity contribution in [2.24, 2.45) is 5.92 Å². The fourth-order valence-corrected chi connectivity index (χ4v) is 2.35. The van der Waals surface area contributed by atoms with Crippen molar-refractivity contribution in [2.45, 2.75) is 38.9 Å². The molecule has 0 spiro atoms. The van der Waals surface area contributed by atoms with Gasteiger partial charge in [0.2, 0.25) is 5.79 Å². The Hall–Kier alpha value is -1.62. The maximum Gasteiger partial charge on any atom is 0.510 e. The molecule has 2 unspecified atom stereocenters. The molecule has 0 aromatic heterocycles. The lowest BCUT2D eigenvalue weighted by Gasteiger charge is -2.20. The number of rotatable bonds is 7. The van der Waals surface area contributed by atoms with Crippen LogP contribution in [-0.4, -0.2) is 25.2 Å². The van der Waals surface area contributed by atoms with Gasteiger partial charge in [0.1, 0.15) is 12.4 Å². The lowest BCUT2D eigenvalue weighted by atomic mass is 9.91. The van der Waals surface area contributed by atoms with Gasteiger partial charge in [-0.2, -0.15) is 0 Å². The molecule has 0 saturated carbocycles. The number of carbonyl (C=O) groups is 1. The minimum atomic E-state index is -0.826. The van der Waals surface area contributed by atoms with E-state index in [9.17, 15) is 9.18 Å². The molecule has 0 amide bonds. The van der Waals surface area contributed by atoms with Crippen LogP contribution in [0.5, 0.6) is 0 Å². The third-order valence-corrected chi connectivity index (χ3v) is 3.61. The second-order valence-corrected chi connectivity index (χ2v) is 5.29. The number of hydrogen-bond donors (Lipinski definition) is 0. The fraction of sp³-hybridized carbons (Fsp3) is 0.562. The Morgan fingerprint density at radius 3 is 2.57 bits per heavy atom. The second-order valence-electron chi connectivity index (χ2n) is 5.29. The van der Waals surface area contributed by atoms with Crippen molar-refractivity contribution in [3.8, 4) is 0 Å². The Kier molecular flexibility index (Phi) is 5.17. The first-order chi connectivity index (χ1) is 10.1. The Morgan fingerprint density at radius 2 is 2.05 bits per heavy atom. The molecule has 21 heavy (non-hydrogen) atoms. The van der Waals surface area contributed by atoms with Gasteiger partial charge in [0.25, 0.3) is 0 Å². The average Bonchev–Trinajstić information content (AvgIpc) is 3.20. The summed E-state index contributed by atoms with van der Waals surface area (Å²) in [6, 6.07) is 6.48. The Labute approximate surface area is 124 Å². The molecular formula is C16H21FO4. The monoisotopic (exact) mass is 296 g/mol. The quantitative estimate of drug-likeness (QED) is 0.569. The zero-order valence-corrected chi connectivity index (χ0v) is 12.4. The van der Waals surface area contributed by atoms with Gasteiger partial charge in [-0.25, -0.2) is 9.18 Å². The van der Waals surface area contributed by atoms with E-state index in [1.54, 1.807) is 19.1 Å². The normalized spacial score (nSPS) is 21.7. The topological polar surface area (TPSA) is 48.1 Å². The van der Waals surface area contributed by atoms with Gasteiger partial charge in [0, 0.05) is 6.42 Å². The molecule has 0 aliphatic carbocycles. The van der Waals surface area contributed by atoms with Crippen molar-refractivity contribution in [1.82, 2.24) is 0 Å². The van der Waals surface area contributed by atoms with Crippen molar-refractivity contribution < 1.29 is 23.4 Å². The van der Waals surface area contributed by atoms with E-state index in [-0.39, 0.29) is 12.4 Å². The summed E-state index contributed by atoms with van der Waals surface area (Å²) < 4.78 is 28.2. The summed E-state index contributed by atoms with van der Waals surface area (Å²) in [5.41, 5.74) is 1.06. The van der Waals surface area contributed by atoms with Gasteiger partial charge in [-0.3, -0.25) is 0 Å². The summed E-state index contributed by atoms with van der Waals surface area (Å²) in [5.74, 6) is -0.765. The van der Waals surface area contributed by atoms with E-state index in [1.807, 2.05) is 0 Å². The molecule has 0 N–H and O–H groups in total. The standard InChI is InChI=1S/C16H21FO4/c1-3-12(9-13-5-7-14(17)8-6-13)10-16(11-20-16)21-15(18)19-4-2/h5-8,12H,3-4,9-11H2,1-2H3. The van der Waals surface area contributed by atoms with Crippen LogP contribution in [-0.2, 0) is 20.6 Å². The Bertz CT molecular complexity index is 468. The third kappa shape index (κ3) is 4.70. The van der Waals surface area contributed by atoms with Crippen LogP contribution in [0.25, 0.3) is 0 Å². The molecule has 4 nitrogen and oxygen atoms in total. The van der Waals surface area contributed by atoms with Crippen LogP contribution in [0.3, 0.4) is 0 Å². The van der Waals surface area contributed by atoms with Gasteiger partial charge in [0.05, 0.1) is 6.61 Å². The van der Waals surface area contributed by atoms with Gasteiger partial charge in [-0.15, -0.1) is 0 Å². The van der Waals surface area contributed by atoms with E-state index in [4.69, 9.17) is 14.2 Å². The molecule has 1 aliphatic heterocycles. The number of hydrogen-bond acceptors (Lipinski definition) is 4. The molecule has 1 aromatic rings. The molecule has 1 heterocycles. The predicted molar refractivity (Wildman–Crippen MR) is 75.3 cm³/mol. The van der Waals surface area contributed by atoms with Crippen LogP contribution in [0.15, 0.2) is 24.3 Å². The zero-order chi connectivity index (χ0) is 15.3. The smallest absolute Gasteiger partial charge is 0.435 e. The highest BCUT2D eigenvalue weighted by molar-refractivity contribution is 5.60. The van der Waals surface area contributed by atoms with E-state index >= 15 is 0 Å². The van der Waals surface area contributed by atoms with Crippen molar-refractivity contribution in [3.05, 3.63) is 35.6 Å². The second kappa shape index (κ2) is 6.89.